The van der Waals surface area contributed by atoms with Crippen LogP contribution in [0.25, 0.3) is 0 Å². The minimum absolute atomic E-state index is 0.698. The number of aliphatic hydroxyl groups is 1. The van der Waals surface area contributed by atoms with Gasteiger partial charge in [0.05, 0.1) is 5.60 Å². The Bertz CT molecular complexity index is 690. The topological polar surface area (TPSA) is 50.7 Å². The molecule has 4 nitrogen and oxygen atoms in total. The molecule has 0 spiro atoms. The minimum Gasteiger partial charge on any atom is -0.457 e. The van der Waals surface area contributed by atoms with E-state index >= 15 is 0 Å². The molecule has 0 aliphatic carbocycles. The van der Waals surface area contributed by atoms with Crippen molar-refractivity contribution in [1.82, 2.24) is 5.32 Å². The first-order chi connectivity index (χ1) is 13.6. The Labute approximate surface area is 169 Å². The molecule has 0 bridgehead atoms. The summed E-state index contributed by atoms with van der Waals surface area (Å²) >= 11 is 0. The van der Waals surface area contributed by atoms with Gasteiger partial charge in [-0.1, -0.05) is 36.4 Å². The van der Waals surface area contributed by atoms with E-state index in [1.54, 1.807) is 7.11 Å². The van der Waals surface area contributed by atoms with E-state index in [2.05, 4.69) is 5.32 Å². The van der Waals surface area contributed by atoms with Gasteiger partial charge in [0.25, 0.3) is 0 Å². The SMILES string of the molecule is CNCCCCC(O)(CCCCOC)c1ccccc1Oc1ccccc1C. The van der Waals surface area contributed by atoms with Crippen molar-refractivity contribution in [3.63, 3.8) is 0 Å². The number of rotatable bonds is 13. The zero-order valence-corrected chi connectivity index (χ0v) is 17.5. The van der Waals surface area contributed by atoms with Crippen molar-refractivity contribution < 1.29 is 14.6 Å². The first-order valence-corrected chi connectivity index (χ1v) is 10.3. The summed E-state index contributed by atoms with van der Waals surface area (Å²) < 4.78 is 11.4. The van der Waals surface area contributed by atoms with Gasteiger partial charge in [0.1, 0.15) is 11.5 Å². The highest BCUT2D eigenvalue weighted by Crippen LogP contribution is 2.40. The molecule has 0 aliphatic heterocycles. The normalized spacial score (nSPS) is 13.3. The number of methoxy groups -OCH3 is 1. The maximum Gasteiger partial charge on any atom is 0.133 e. The Morgan fingerprint density at radius 3 is 2.21 bits per heavy atom. The lowest BCUT2D eigenvalue weighted by Crippen LogP contribution is -2.27. The molecule has 154 valence electrons. The van der Waals surface area contributed by atoms with E-state index < -0.39 is 5.60 Å². The van der Waals surface area contributed by atoms with E-state index in [0.29, 0.717) is 6.42 Å². The summed E-state index contributed by atoms with van der Waals surface area (Å²) in [5.74, 6) is 1.56. The Morgan fingerprint density at radius 2 is 1.54 bits per heavy atom. The molecule has 0 saturated heterocycles. The van der Waals surface area contributed by atoms with E-state index in [-0.39, 0.29) is 0 Å². The van der Waals surface area contributed by atoms with Crippen molar-refractivity contribution in [2.24, 2.45) is 0 Å². The van der Waals surface area contributed by atoms with Crippen LogP contribution >= 0.6 is 0 Å². The summed E-state index contributed by atoms with van der Waals surface area (Å²) in [6, 6.07) is 15.9. The van der Waals surface area contributed by atoms with Crippen LogP contribution in [0.3, 0.4) is 0 Å². The molecule has 0 heterocycles. The Hall–Kier alpha value is -1.88. The first-order valence-electron chi connectivity index (χ1n) is 10.3. The Balaban J connectivity index is 2.24. The van der Waals surface area contributed by atoms with Gasteiger partial charge < -0.3 is 19.9 Å². The quantitative estimate of drug-likeness (QED) is 0.466. The van der Waals surface area contributed by atoms with E-state index in [4.69, 9.17) is 9.47 Å². The molecule has 2 aromatic carbocycles. The first kappa shape index (κ1) is 22.4. The monoisotopic (exact) mass is 385 g/mol. The van der Waals surface area contributed by atoms with Crippen molar-refractivity contribution in [1.29, 1.82) is 0 Å². The predicted octanol–water partition coefficient (Wildman–Crippen LogP) is 5.18. The highest BCUT2D eigenvalue weighted by molar-refractivity contribution is 5.43. The van der Waals surface area contributed by atoms with Crippen molar-refractivity contribution in [2.45, 2.75) is 51.0 Å². The molecule has 28 heavy (non-hydrogen) atoms. The minimum atomic E-state index is -0.902. The number of unbranched alkanes of at least 4 members (excludes halogenated alkanes) is 2. The van der Waals surface area contributed by atoms with E-state index in [1.165, 1.54) is 0 Å². The molecule has 0 radical (unpaired) electrons. The number of para-hydroxylation sites is 2. The van der Waals surface area contributed by atoms with Gasteiger partial charge in [0.15, 0.2) is 0 Å². The van der Waals surface area contributed by atoms with Crippen molar-refractivity contribution in [2.75, 3.05) is 27.3 Å². The molecule has 0 aromatic heterocycles. The molecule has 0 aliphatic rings. The van der Waals surface area contributed by atoms with Crippen LogP contribution in [0.4, 0.5) is 0 Å². The van der Waals surface area contributed by atoms with Gasteiger partial charge in [0.2, 0.25) is 0 Å². The second-order valence-electron chi connectivity index (χ2n) is 7.41. The third-order valence-electron chi connectivity index (χ3n) is 5.16. The molecule has 1 atom stereocenters. The molecule has 2 rings (SSSR count). The largest absolute Gasteiger partial charge is 0.457 e. The lowest BCUT2D eigenvalue weighted by atomic mass is 9.83. The second kappa shape index (κ2) is 11.8. The summed E-state index contributed by atoms with van der Waals surface area (Å²) in [4.78, 5) is 0. The molecular formula is C24H35NO3. The summed E-state index contributed by atoms with van der Waals surface area (Å²) in [7, 11) is 3.68. The van der Waals surface area contributed by atoms with E-state index in [9.17, 15) is 5.11 Å². The van der Waals surface area contributed by atoms with Gasteiger partial charge in [-0.3, -0.25) is 0 Å². The van der Waals surface area contributed by atoms with Crippen LogP contribution in [-0.4, -0.2) is 32.4 Å². The summed E-state index contributed by atoms with van der Waals surface area (Å²) in [6.07, 6.45) is 5.27. The molecule has 0 fully saturated rings. The third kappa shape index (κ3) is 6.62. The third-order valence-corrected chi connectivity index (χ3v) is 5.16. The zero-order valence-electron chi connectivity index (χ0n) is 17.5. The van der Waals surface area contributed by atoms with Crippen LogP contribution in [0.15, 0.2) is 48.5 Å². The van der Waals surface area contributed by atoms with Crippen LogP contribution < -0.4 is 10.1 Å². The average Bonchev–Trinajstić information content (AvgIpc) is 2.71. The fraction of sp³-hybridized carbons (Fsp3) is 0.500. The molecule has 0 saturated carbocycles. The van der Waals surface area contributed by atoms with Gasteiger partial charge in [-0.2, -0.15) is 0 Å². The lowest BCUT2D eigenvalue weighted by molar-refractivity contribution is 0.0103. The fourth-order valence-corrected chi connectivity index (χ4v) is 3.51. The number of nitrogens with one attached hydrogen (secondary N) is 1. The second-order valence-corrected chi connectivity index (χ2v) is 7.41. The van der Waals surface area contributed by atoms with Crippen LogP contribution in [0.2, 0.25) is 0 Å². The maximum atomic E-state index is 11.7. The van der Waals surface area contributed by atoms with Crippen LogP contribution in [0.1, 0.15) is 49.7 Å². The van der Waals surface area contributed by atoms with Gasteiger partial charge in [-0.15, -0.1) is 0 Å². The fourth-order valence-electron chi connectivity index (χ4n) is 3.51. The van der Waals surface area contributed by atoms with Crippen molar-refractivity contribution in [3.05, 3.63) is 59.7 Å². The highest BCUT2D eigenvalue weighted by Gasteiger charge is 2.31. The van der Waals surface area contributed by atoms with Crippen molar-refractivity contribution >= 4 is 0 Å². The Morgan fingerprint density at radius 1 is 0.893 bits per heavy atom. The standard InChI is InChI=1S/C24H35NO3/c1-20-12-4-6-14-22(20)28-23-15-7-5-13-21(23)24(26,16-8-10-18-25-2)17-9-11-19-27-3/h4-7,12-15,25-26H,8-11,16-19H2,1-3H3. The summed E-state index contributed by atoms with van der Waals surface area (Å²) in [5, 5.41) is 14.8. The van der Waals surface area contributed by atoms with Crippen molar-refractivity contribution in [3.8, 4) is 11.5 Å². The Kier molecular flexibility index (Phi) is 9.48. The average molecular weight is 386 g/mol. The number of aryl methyl sites for hydroxylation is 1. The number of ether oxygens (including phenoxy) is 2. The zero-order chi connectivity index (χ0) is 20.2. The number of benzene rings is 2. The molecule has 4 heteroatoms. The number of hydrogen-bond donors (Lipinski definition) is 2. The number of hydrogen-bond acceptors (Lipinski definition) is 4. The van der Waals surface area contributed by atoms with E-state index in [1.807, 2.05) is 62.5 Å². The lowest BCUT2D eigenvalue weighted by Gasteiger charge is -2.31. The molecule has 0 amide bonds. The van der Waals surface area contributed by atoms with Gasteiger partial charge in [0, 0.05) is 19.3 Å². The summed E-state index contributed by atoms with van der Waals surface area (Å²) in [6.45, 7) is 3.71. The maximum absolute atomic E-state index is 11.7. The van der Waals surface area contributed by atoms with Crippen LogP contribution in [0, 0.1) is 6.92 Å². The molecule has 1 unspecified atom stereocenters. The van der Waals surface area contributed by atoms with Crippen LogP contribution in [-0.2, 0) is 10.3 Å². The molecular weight excluding hydrogens is 350 g/mol. The molecule has 2 aromatic rings. The smallest absolute Gasteiger partial charge is 0.133 e. The van der Waals surface area contributed by atoms with Gasteiger partial charge >= 0.3 is 0 Å². The highest BCUT2D eigenvalue weighted by atomic mass is 16.5. The van der Waals surface area contributed by atoms with E-state index in [0.717, 1.165) is 67.9 Å². The van der Waals surface area contributed by atoms with Gasteiger partial charge in [-0.25, -0.2) is 0 Å². The predicted molar refractivity (Wildman–Crippen MR) is 115 cm³/mol. The van der Waals surface area contributed by atoms with Crippen LogP contribution in [0.5, 0.6) is 11.5 Å². The summed E-state index contributed by atoms with van der Waals surface area (Å²) in [5.41, 5.74) is 1.05. The van der Waals surface area contributed by atoms with Gasteiger partial charge in [-0.05, 0) is 76.7 Å². The molecule has 2 N–H and O–H groups in total.